The number of allylic oxidation sites excluding steroid dienone is 1. The van der Waals surface area contributed by atoms with Crippen molar-refractivity contribution >= 4 is 11.6 Å². The minimum atomic E-state index is -1.90. The molecule has 0 heterocycles. The van der Waals surface area contributed by atoms with Crippen LogP contribution >= 0.6 is 0 Å². The van der Waals surface area contributed by atoms with Gasteiger partial charge in [0.2, 0.25) is 23.1 Å². The lowest BCUT2D eigenvalue weighted by Crippen LogP contribution is -2.68. The highest BCUT2D eigenvalue weighted by Crippen LogP contribution is 2.67. The van der Waals surface area contributed by atoms with Gasteiger partial charge in [-0.3, -0.25) is 9.59 Å². The number of aliphatic hydroxyl groups is 3. The molecule has 4 rings (SSSR count). The van der Waals surface area contributed by atoms with Gasteiger partial charge >= 0.3 is 0 Å². The van der Waals surface area contributed by atoms with E-state index in [1.54, 1.807) is 6.92 Å². The van der Waals surface area contributed by atoms with Crippen molar-refractivity contribution in [3.63, 3.8) is 0 Å². The first kappa shape index (κ1) is 18.0. The summed E-state index contributed by atoms with van der Waals surface area (Å²) in [5.41, 5.74) is -2.99. The lowest BCUT2D eigenvalue weighted by Gasteiger charge is -2.60. The largest absolute Gasteiger partial charge is 0.502 e. The van der Waals surface area contributed by atoms with Gasteiger partial charge in [0.25, 0.3) is 0 Å². The van der Waals surface area contributed by atoms with Crippen LogP contribution in [0.25, 0.3) is 0 Å². The molecule has 0 bridgehead atoms. The first-order chi connectivity index (χ1) is 12.1. The van der Waals surface area contributed by atoms with Crippen LogP contribution in [0, 0.1) is 34.5 Å². The summed E-state index contributed by atoms with van der Waals surface area (Å²) >= 11 is 0. The molecule has 0 aromatic rings. The summed E-state index contributed by atoms with van der Waals surface area (Å²) in [5.74, 6) is -2.06. The van der Waals surface area contributed by atoms with Crippen molar-refractivity contribution < 1.29 is 24.9 Å². The highest BCUT2D eigenvalue weighted by atomic mass is 16.3. The summed E-state index contributed by atoms with van der Waals surface area (Å²) in [6.45, 7) is 6.27. The molecule has 0 radical (unpaired) electrons. The third-order valence-electron chi connectivity index (χ3n) is 9.07. The fourth-order valence-electron chi connectivity index (χ4n) is 7.49. The van der Waals surface area contributed by atoms with Crippen LogP contribution in [0.15, 0.2) is 11.5 Å². The van der Waals surface area contributed by atoms with Crippen molar-refractivity contribution in [1.82, 2.24) is 0 Å². The smallest absolute Gasteiger partial charge is 0.233 e. The Morgan fingerprint density at radius 3 is 2.23 bits per heavy atom. The van der Waals surface area contributed by atoms with Gasteiger partial charge in [0.1, 0.15) is 5.60 Å². The van der Waals surface area contributed by atoms with Crippen LogP contribution in [0.1, 0.15) is 65.7 Å². The molecule has 3 saturated carbocycles. The molecule has 0 saturated heterocycles. The van der Waals surface area contributed by atoms with Crippen molar-refractivity contribution in [2.75, 3.05) is 0 Å². The summed E-state index contributed by atoms with van der Waals surface area (Å²) in [5, 5.41) is 31.2. The number of carbonyl (C=O) groups is 2. The SMILES string of the molecule is CC[C@H]1CC[C@H]2[C@@H]3CCC4(O)C(=O)C(O)=C(O)C(=O)[C@]4(C)[C@H]3CC[C@]12C. The standard InChI is InChI=1S/C21H30O5/c1-4-11-5-6-13-12-7-10-21(26)18(25)16(23)15(22)17(24)20(21,3)14(12)8-9-19(11,13)2/h11-14,22-23,26H,4-10H2,1-3H3/t11-,12-,13-,14-,19+,20-,21?/m0/s1. The van der Waals surface area contributed by atoms with Gasteiger partial charge in [-0.05, 0) is 74.5 Å². The maximum atomic E-state index is 13.0. The van der Waals surface area contributed by atoms with E-state index in [0.29, 0.717) is 18.3 Å². The van der Waals surface area contributed by atoms with Crippen molar-refractivity contribution in [3.05, 3.63) is 11.5 Å². The predicted molar refractivity (Wildman–Crippen MR) is 95.4 cm³/mol. The molecular formula is C21H30O5. The number of aliphatic hydroxyl groups excluding tert-OH is 2. The van der Waals surface area contributed by atoms with E-state index >= 15 is 0 Å². The van der Waals surface area contributed by atoms with Crippen LogP contribution in [0.4, 0.5) is 0 Å². The van der Waals surface area contributed by atoms with Crippen LogP contribution in [0.2, 0.25) is 0 Å². The van der Waals surface area contributed by atoms with Crippen LogP contribution in [0.5, 0.6) is 0 Å². The third-order valence-corrected chi connectivity index (χ3v) is 9.07. The second-order valence-electron chi connectivity index (χ2n) is 9.56. The van der Waals surface area contributed by atoms with Crippen molar-refractivity contribution in [1.29, 1.82) is 0 Å². The summed E-state index contributed by atoms with van der Waals surface area (Å²) in [7, 11) is 0. The fourth-order valence-corrected chi connectivity index (χ4v) is 7.49. The molecule has 4 aliphatic carbocycles. The Hall–Kier alpha value is -1.36. The van der Waals surface area contributed by atoms with Crippen LogP contribution in [-0.2, 0) is 9.59 Å². The molecule has 0 aliphatic heterocycles. The van der Waals surface area contributed by atoms with E-state index in [9.17, 15) is 24.9 Å². The van der Waals surface area contributed by atoms with Gasteiger partial charge in [0.15, 0.2) is 0 Å². The molecule has 5 nitrogen and oxygen atoms in total. The Kier molecular flexibility index (Phi) is 3.70. The molecule has 1 unspecified atom stereocenters. The molecule has 26 heavy (non-hydrogen) atoms. The van der Waals surface area contributed by atoms with Gasteiger partial charge in [-0.2, -0.15) is 0 Å². The molecule has 0 aromatic carbocycles. The van der Waals surface area contributed by atoms with Gasteiger partial charge in [0, 0.05) is 0 Å². The van der Waals surface area contributed by atoms with Crippen molar-refractivity contribution in [3.8, 4) is 0 Å². The first-order valence-corrected chi connectivity index (χ1v) is 10.1. The van der Waals surface area contributed by atoms with Gasteiger partial charge in [0.05, 0.1) is 5.41 Å². The van der Waals surface area contributed by atoms with Crippen molar-refractivity contribution in [2.45, 2.75) is 71.3 Å². The quantitative estimate of drug-likeness (QED) is 0.664. The molecule has 0 amide bonds. The molecule has 0 spiro atoms. The number of rotatable bonds is 1. The first-order valence-electron chi connectivity index (χ1n) is 10.1. The minimum absolute atomic E-state index is 0.137. The topological polar surface area (TPSA) is 94.8 Å². The number of fused-ring (bicyclic) bond motifs is 5. The Bertz CT molecular complexity index is 711. The Labute approximate surface area is 154 Å². The number of Topliss-reactive ketones (excluding diaryl/α,β-unsaturated/α-hetero) is 2. The van der Waals surface area contributed by atoms with E-state index in [2.05, 4.69) is 13.8 Å². The second kappa shape index (κ2) is 5.34. The summed E-state index contributed by atoms with van der Waals surface area (Å²) < 4.78 is 0. The Morgan fingerprint density at radius 1 is 0.923 bits per heavy atom. The molecule has 4 aliphatic rings. The summed E-state index contributed by atoms with van der Waals surface area (Å²) in [6, 6.07) is 0. The van der Waals surface area contributed by atoms with Crippen LogP contribution in [0.3, 0.4) is 0 Å². The summed E-state index contributed by atoms with van der Waals surface area (Å²) in [6.07, 6.45) is 6.15. The lowest BCUT2D eigenvalue weighted by molar-refractivity contribution is -0.199. The maximum absolute atomic E-state index is 13.0. The molecule has 3 N–H and O–H groups in total. The Balaban J connectivity index is 1.79. The average molecular weight is 362 g/mol. The molecular weight excluding hydrogens is 332 g/mol. The zero-order chi connectivity index (χ0) is 19.1. The third kappa shape index (κ3) is 1.81. The van der Waals surface area contributed by atoms with Gasteiger partial charge in [-0.1, -0.05) is 20.3 Å². The number of hydrogen-bond acceptors (Lipinski definition) is 5. The normalized spacial score (nSPS) is 51.1. The van der Waals surface area contributed by atoms with Gasteiger partial charge in [-0.25, -0.2) is 0 Å². The molecule has 5 heteroatoms. The van der Waals surface area contributed by atoms with E-state index in [1.165, 1.54) is 12.8 Å². The summed E-state index contributed by atoms with van der Waals surface area (Å²) in [4.78, 5) is 25.6. The average Bonchev–Trinajstić information content (AvgIpc) is 2.97. The number of hydrogen-bond donors (Lipinski definition) is 3. The zero-order valence-corrected chi connectivity index (χ0v) is 15.9. The second-order valence-corrected chi connectivity index (χ2v) is 9.56. The molecule has 0 aromatic heterocycles. The van der Waals surface area contributed by atoms with Crippen LogP contribution in [-0.4, -0.2) is 32.5 Å². The molecule has 144 valence electrons. The molecule has 3 fully saturated rings. The van der Waals surface area contributed by atoms with E-state index in [4.69, 9.17) is 0 Å². The lowest BCUT2D eigenvalue weighted by atomic mass is 9.43. The van der Waals surface area contributed by atoms with Gasteiger partial charge in [-0.15, -0.1) is 0 Å². The monoisotopic (exact) mass is 362 g/mol. The zero-order valence-electron chi connectivity index (χ0n) is 15.9. The van der Waals surface area contributed by atoms with Crippen LogP contribution < -0.4 is 0 Å². The van der Waals surface area contributed by atoms with Gasteiger partial charge < -0.3 is 15.3 Å². The Morgan fingerprint density at radius 2 is 1.58 bits per heavy atom. The van der Waals surface area contributed by atoms with Crippen molar-refractivity contribution in [2.24, 2.45) is 34.5 Å². The predicted octanol–water partition coefficient (Wildman–Crippen LogP) is 3.47. The highest BCUT2D eigenvalue weighted by molar-refractivity contribution is 6.16. The van der Waals surface area contributed by atoms with E-state index in [1.807, 2.05) is 0 Å². The minimum Gasteiger partial charge on any atom is -0.502 e. The number of ketones is 2. The van der Waals surface area contributed by atoms with E-state index in [-0.39, 0.29) is 23.7 Å². The maximum Gasteiger partial charge on any atom is 0.233 e. The fraction of sp³-hybridized carbons (Fsp3) is 0.810. The number of carbonyl (C=O) groups excluding carboxylic acids is 2. The van der Waals surface area contributed by atoms with E-state index < -0.39 is 34.1 Å². The molecule has 7 atom stereocenters. The highest BCUT2D eigenvalue weighted by Gasteiger charge is 2.71. The van der Waals surface area contributed by atoms with E-state index in [0.717, 1.165) is 19.3 Å².